The van der Waals surface area contributed by atoms with Gasteiger partial charge in [-0.25, -0.2) is 0 Å². The molecular weight excluding hydrogens is 402 g/mol. The number of fused-ring (bicyclic) bond motifs is 1. The number of ether oxygens (including phenoxy) is 1. The number of nitrogens with zero attached hydrogens (tertiary/aromatic N) is 3. The van der Waals surface area contributed by atoms with E-state index in [-0.39, 0.29) is 5.56 Å². The molecule has 0 aliphatic heterocycles. The molecule has 4 aromatic rings. The summed E-state index contributed by atoms with van der Waals surface area (Å²) in [4.78, 5) is 18.9. The molecule has 0 saturated carbocycles. The average molecular weight is 426 g/mol. The number of unbranched alkanes of at least 4 members (excludes halogenated alkanes) is 3. The summed E-state index contributed by atoms with van der Waals surface area (Å²) in [7, 11) is 0. The zero-order chi connectivity index (χ0) is 20.2. The third-order valence-electron chi connectivity index (χ3n) is 4.72. The van der Waals surface area contributed by atoms with Crippen LogP contribution < -0.4 is 14.8 Å². The van der Waals surface area contributed by atoms with E-state index in [0.717, 1.165) is 29.2 Å². The van der Waals surface area contributed by atoms with Crippen molar-refractivity contribution in [1.29, 1.82) is 0 Å². The molecule has 0 spiro atoms. The first-order valence-corrected chi connectivity index (χ1v) is 11.5. The molecule has 0 saturated heterocycles. The van der Waals surface area contributed by atoms with Crippen LogP contribution in [0, 0.1) is 6.92 Å². The second kappa shape index (κ2) is 8.88. The first-order valence-electron chi connectivity index (χ1n) is 9.84. The van der Waals surface area contributed by atoms with Crippen LogP contribution in [0.2, 0.25) is 0 Å². The number of hydrogen-bond acceptors (Lipinski definition) is 6. The molecule has 1 aromatic carbocycles. The van der Waals surface area contributed by atoms with Gasteiger partial charge >= 0.3 is 0 Å². The highest BCUT2D eigenvalue weighted by Gasteiger charge is 2.12. The zero-order valence-corrected chi connectivity index (χ0v) is 18.2. The van der Waals surface area contributed by atoms with Crippen LogP contribution in [0.4, 0.5) is 0 Å². The van der Waals surface area contributed by atoms with Crippen LogP contribution in [0.3, 0.4) is 0 Å². The van der Waals surface area contributed by atoms with Gasteiger partial charge in [-0.2, -0.15) is 9.50 Å². The maximum absolute atomic E-state index is 12.7. The first kappa shape index (κ1) is 19.8. The number of aryl methyl sites for hydroxylation is 1. The van der Waals surface area contributed by atoms with Gasteiger partial charge < -0.3 is 4.74 Å². The molecule has 0 bridgehead atoms. The van der Waals surface area contributed by atoms with Crippen LogP contribution >= 0.6 is 22.7 Å². The van der Waals surface area contributed by atoms with Crippen molar-refractivity contribution in [2.45, 2.75) is 39.5 Å². The molecule has 0 amide bonds. The summed E-state index contributed by atoms with van der Waals surface area (Å²) in [6.45, 7) is 4.98. The molecule has 0 atom stereocenters. The standard InChI is InChI=1S/C22H23N3O2S2/c1-3-4-5-6-12-27-17-9-7-16(8-10-17)20-23-22-25(24-20)21(26)19(29-22)14-18-15(2)11-13-28-18/h7-11,13-14H,3-6,12H2,1-2H3. The normalized spacial score (nSPS) is 12.1. The maximum atomic E-state index is 12.7. The third kappa shape index (κ3) is 4.41. The number of aromatic nitrogens is 3. The molecule has 29 heavy (non-hydrogen) atoms. The van der Waals surface area contributed by atoms with E-state index >= 15 is 0 Å². The van der Waals surface area contributed by atoms with Gasteiger partial charge in [0.2, 0.25) is 4.96 Å². The predicted molar refractivity (Wildman–Crippen MR) is 120 cm³/mol. The van der Waals surface area contributed by atoms with E-state index in [2.05, 4.69) is 23.1 Å². The Bertz CT molecular complexity index is 1210. The van der Waals surface area contributed by atoms with Crippen molar-refractivity contribution in [2.75, 3.05) is 6.61 Å². The second-order valence-corrected chi connectivity index (χ2v) is 8.90. The highest BCUT2D eigenvalue weighted by atomic mass is 32.1. The Labute approximate surface area is 177 Å². The molecule has 150 valence electrons. The third-order valence-corrected chi connectivity index (χ3v) is 6.65. The Morgan fingerprint density at radius 2 is 1.97 bits per heavy atom. The van der Waals surface area contributed by atoms with E-state index in [1.807, 2.05) is 42.6 Å². The molecule has 0 unspecified atom stereocenters. The fourth-order valence-electron chi connectivity index (χ4n) is 3.03. The largest absolute Gasteiger partial charge is 0.494 e. The lowest BCUT2D eigenvalue weighted by atomic mass is 10.2. The number of hydrogen-bond donors (Lipinski definition) is 0. The van der Waals surface area contributed by atoms with Gasteiger partial charge in [0.05, 0.1) is 11.1 Å². The SMILES string of the molecule is CCCCCCOc1ccc(-c2nc3sc(=Cc4sccc4C)c(=O)n3n2)cc1. The summed E-state index contributed by atoms with van der Waals surface area (Å²) in [5.41, 5.74) is 1.92. The van der Waals surface area contributed by atoms with Gasteiger partial charge in [-0.05, 0) is 60.7 Å². The van der Waals surface area contributed by atoms with Gasteiger partial charge in [0.1, 0.15) is 5.75 Å². The molecular formula is C22H23N3O2S2. The molecule has 7 heteroatoms. The van der Waals surface area contributed by atoms with Gasteiger partial charge in [0.25, 0.3) is 5.56 Å². The van der Waals surface area contributed by atoms with E-state index in [9.17, 15) is 4.79 Å². The van der Waals surface area contributed by atoms with Crippen molar-refractivity contribution < 1.29 is 4.74 Å². The minimum atomic E-state index is -0.122. The molecule has 5 nitrogen and oxygen atoms in total. The van der Waals surface area contributed by atoms with E-state index in [1.54, 1.807) is 11.3 Å². The van der Waals surface area contributed by atoms with Crippen molar-refractivity contribution in [2.24, 2.45) is 0 Å². The van der Waals surface area contributed by atoms with Crippen LogP contribution in [-0.4, -0.2) is 21.2 Å². The Hall–Kier alpha value is -2.51. The average Bonchev–Trinajstić information content (AvgIpc) is 3.40. The second-order valence-electron chi connectivity index (χ2n) is 6.95. The van der Waals surface area contributed by atoms with Gasteiger partial charge in [0, 0.05) is 10.4 Å². The number of benzene rings is 1. The van der Waals surface area contributed by atoms with Crippen molar-refractivity contribution in [3.8, 4) is 17.1 Å². The molecule has 4 rings (SSSR count). The number of thiazole rings is 1. The quantitative estimate of drug-likeness (QED) is 0.384. The molecule has 3 heterocycles. The highest BCUT2D eigenvalue weighted by molar-refractivity contribution is 7.15. The minimum absolute atomic E-state index is 0.122. The van der Waals surface area contributed by atoms with Gasteiger partial charge in [-0.3, -0.25) is 4.79 Å². The topological polar surface area (TPSA) is 56.5 Å². The van der Waals surface area contributed by atoms with E-state index in [4.69, 9.17) is 4.74 Å². The van der Waals surface area contributed by atoms with Crippen LogP contribution in [0.1, 0.15) is 43.0 Å². The Morgan fingerprint density at radius 3 is 2.66 bits per heavy atom. The van der Waals surface area contributed by atoms with E-state index < -0.39 is 0 Å². The number of rotatable bonds is 8. The summed E-state index contributed by atoms with van der Waals surface area (Å²) in [6.07, 6.45) is 6.68. The van der Waals surface area contributed by atoms with Crippen LogP contribution in [-0.2, 0) is 0 Å². The summed E-state index contributed by atoms with van der Waals surface area (Å²) in [5.74, 6) is 1.40. The lowest BCUT2D eigenvalue weighted by molar-refractivity contribution is 0.305. The summed E-state index contributed by atoms with van der Waals surface area (Å²) >= 11 is 3.00. The fourth-order valence-corrected chi connectivity index (χ4v) is 4.85. The van der Waals surface area contributed by atoms with Crippen molar-refractivity contribution in [3.05, 3.63) is 61.0 Å². The Balaban J connectivity index is 1.51. The molecule has 0 radical (unpaired) electrons. The van der Waals surface area contributed by atoms with Crippen molar-refractivity contribution >= 4 is 33.7 Å². The summed E-state index contributed by atoms with van der Waals surface area (Å²) in [5, 5.41) is 6.45. The zero-order valence-electron chi connectivity index (χ0n) is 16.6. The predicted octanol–water partition coefficient (Wildman–Crippen LogP) is 4.69. The number of thiophene rings is 1. The summed E-state index contributed by atoms with van der Waals surface area (Å²) in [6, 6.07) is 9.79. The van der Waals surface area contributed by atoms with Crippen molar-refractivity contribution in [1.82, 2.24) is 14.6 Å². The smallest absolute Gasteiger partial charge is 0.291 e. The molecule has 0 fully saturated rings. The van der Waals surface area contributed by atoms with E-state index in [0.29, 0.717) is 15.3 Å². The lowest BCUT2D eigenvalue weighted by Crippen LogP contribution is -2.23. The molecule has 0 aliphatic carbocycles. The molecule has 0 N–H and O–H groups in total. The van der Waals surface area contributed by atoms with E-state index in [1.165, 1.54) is 40.7 Å². The van der Waals surface area contributed by atoms with Crippen LogP contribution in [0.25, 0.3) is 22.4 Å². The van der Waals surface area contributed by atoms with Gasteiger partial charge in [-0.1, -0.05) is 37.5 Å². The van der Waals surface area contributed by atoms with Gasteiger partial charge in [-0.15, -0.1) is 16.4 Å². The molecule has 3 aromatic heterocycles. The van der Waals surface area contributed by atoms with Crippen molar-refractivity contribution in [3.63, 3.8) is 0 Å². The monoisotopic (exact) mass is 425 g/mol. The Morgan fingerprint density at radius 1 is 1.14 bits per heavy atom. The summed E-state index contributed by atoms with van der Waals surface area (Å²) < 4.78 is 7.84. The first-order chi connectivity index (χ1) is 14.2. The van der Waals surface area contributed by atoms with Gasteiger partial charge in [0.15, 0.2) is 5.82 Å². The highest BCUT2D eigenvalue weighted by Crippen LogP contribution is 2.21. The molecule has 0 aliphatic rings. The minimum Gasteiger partial charge on any atom is -0.494 e. The Kier molecular flexibility index (Phi) is 6.06. The van der Waals surface area contributed by atoms with Crippen LogP contribution in [0.5, 0.6) is 5.75 Å². The fraction of sp³-hybridized carbons (Fsp3) is 0.318. The maximum Gasteiger partial charge on any atom is 0.291 e. The van der Waals surface area contributed by atoms with Crippen LogP contribution in [0.15, 0.2) is 40.5 Å². The lowest BCUT2D eigenvalue weighted by Gasteiger charge is -2.06.